The molecular formula is C10H10Cl2N2O2. The minimum atomic E-state index is -0.407. The van der Waals surface area contributed by atoms with Crippen LogP contribution in [0.1, 0.15) is 5.56 Å². The molecule has 1 rings (SSSR count). The number of benzene rings is 1. The van der Waals surface area contributed by atoms with Gasteiger partial charge in [0, 0.05) is 35.3 Å². The average molecular weight is 261 g/mol. The fraction of sp³-hybridized carbons (Fsp3) is 0.200. The largest absolute Gasteiger partial charge is 0.307 e. The maximum atomic E-state index is 10.7. The number of para-hydroxylation sites is 1. The van der Waals surface area contributed by atoms with Crippen molar-refractivity contribution in [3.8, 4) is 0 Å². The first-order valence-electron chi connectivity index (χ1n) is 4.53. The highest BCUT2D eigenvalue weighted by atomic mass is 35.5. The van der Waals surface area contributed by atoms with Crippen molar-refractivity contribution >= 4 is 28.9 Å². The number of nitrogens with zero attached hydrogens (tertiary/aromatic N) is 1. The second-order valence-electron chi connectivity index (χ2n) is 3.05. The zero-order valence-corrected chi connectivity index (χ0v) is 9.83. The Morgan fingerprint density at radius 1 is 1.50 bits per heavy atom. The second kappa shape index (κ2) is 6.48. The molecule has 86 valence electrons. The summed E-state index contributed by atoms with van der Waals surface area (Å²) in [5.41, 5.74) is 1.97. The van der Waals surface area contributed by atoms with Crippen LogP contribution in [-0.2, 0) is 6.54 Å². The fourth-order valence-electron chi connectivity index (χ4n) is 1.19. The molecular weight excluding hydrogens is 251 g/mol. The molecule has 0 unspecified atom stereocenters. The zero-order valence-electron chi connectivity index (χ0n) is 8.32. The molecule has 0 aliphatic carbocycles. The predicted octanol–water partition coefficient (Wildman–Crippen LogP) is 3.00. The number of halogens is 2. The molecule has 6 heteroatoms. The van der Waals surface area contributed by atoms with Gasteiger partial charge in [0.15, 0.2) is 0 Å². The second-order valence-corrected chi connectivity index (χ2v) is 3.75. The predicted molar refractivity (Wildman–Crippen MR) is 64.6 cm³/mol. The molecule has 0 saturated heterocycles. The summed E-state index contributed by atoms with van der Waals surface area (Å²) in [4.78, 5) is 10.3. The summed E-state index contributed by atoms with van der Waals surface area (Å²) in [7, 11) is 0. The van der Waals surface area contributed by atoms with Gasteiger partial charge in [-0.2, -0.15) is 0 Å². The summed E-state index contributed by atoms with van der Waals surface area (Å²) in [6.07, 6.45) is 0. The van der Waals surface area contributed by atoms with Crippen molar-refractivity contribution in [1.82, 2.24) is 5.32 Å². The summed E-state index contributed by atoms with van der Waals surface area (Å²) in [6, 6.07) is 6.55. The Bertz CT molecular complexity index is 408. The van der Waals surface area contributed by atoms with Crippen LogP contribution in [0.3, 0.4) is 0 Å². The van der Waals surface area contributed by atoms with E-state index >= 15 is 0 Å². The Labute approximate surface area is 103 Å². The topological polar surface area (TPSA) is 55.2 Å². The number of rotatable bonds is 5. The molecule has 0 radical (unpaired) electrons. The van der Waals surface area contributed by atoms with Crippen LogP contribution in [0.4, 0.5) is 5.69 Å². The Morgan fingerprint density at radius 3 is 2.81 bits per heavy atom. The maximum Gasteiger partial charge on any atom is 0.273 e. The van der Waals surface area contributed by atoms with Crippen molar-refractivity contribution < 1.29 is 4.92 Å². The zero-order chi connectivity index (χ0) is 12.0. The smallest absolute Gasteiger partial charge is 0.273 e. The van der Waals surface area contributed by atoms with Gasteiger partial charge in [0.05, 0.1) is 4.92 Å². The van der Waals surface area contributed by atoms with Crippen LogP contribution in [0, 0.1) is 10.1 Å². The highest BCUT2D eigenvalue weighted by Gasteiger charge is 2.11. The molecule has 0 aliphatic heterocycles. The van der Waals surface area contributed by atoms with Gasteiger partial charge >= 0.3 is 0 Å². The Kier molecular flexibility index (Phi) is 5.25. The highest BCUT2D eigenvalue weighted by molar-refractivity contribution is 6.36. The van der Waals surface area contributed by atoms with E-state index in [2.05, 4.69) is 5.32 Å². The van der Waals surface area contributed by atoms with E-state index in [1.54, 1.807) is 18.2 Å². The van der Waals surface area contributed by atoms with Crippen LogP contribution in [-0.4, -0.2) is 11.5 Å². The van der Waals surface area contributed by atoms with Gasteiger partial charge in [-0.3, -0.25) is 10.1 Å². The van der Waals surface area contributed by atoms with Gasteiger partial charge < -0.3 is 5.32 Å². The van der Waals surface area contributed by atoms with Crippen LogP contribution < -0.4 is 5.32 Å². The molecule has 0 aromatic heterocycles. The molecule has 0 atom stereocenters. The van der Waals surface area contributed by atoms with E-state index in [0.717, 1.165) is 0 Å². The third-order valence-electron chi connectivity index (χ3n) is 1.92. The van der Waals surface area contributed by atoms with E-state index in [4.69, 9.17) is 23.2 Å². The van der Waals surface area contributed by atoms with Gasteiger partial charge in [-0.1, -0.05) is 41.4 Å². The monoisotopic (exact) mass is 260 g/mol. The lowest BCUT2D eigenvalue weighted by Gasteiger charge is -2.04. The normalized spacial score (nSPS) is 11.5. The third kappa shape index (κ3) is 3.81. The molecule has 0 heterocycles. The molecule has 0 aliphatic rings. The lowest BCUT2D eigenvalue weighted by molar-refractivity contribution is -0.385. The van der Waals surface area contributed by atoms with Crippen molar-refractivity contribution in [3.63, 3.8) is 0 Å². The lowest BCUT2D eigenvalue weighted by atomic mass is 10.2. The number of hydrogen-bond acceptors (Lipinski definition) is 3. The summed E-state index contributed by atoms with van der Waals surface area (Å²) in [5, 5.41) is 14.1. The number of nitro benzene ring substituents is 1. The van der Waals surface area contributed by atoms with Crippen molar-refractivity contribution in [3.05, 3.63) is 50.5 Å². The van der Waals surface area contributed by atoms with Crippen LogP contribution in [0.25, 0.3) is 0 Å². The van der Waals surface area contributed by atoms with E-state index in [-0.39, 0.29) is 5.69 Å². The third-order valence-corrected chi connectivity index (χ3v) is 2.53. The average Bonchev–Trinajstić information content (AvgIpc) is 2.29. The van der Waals surface area contributed by atoms with E-state index in [9.17, 15) is 10.1 Å². The van der Waals surface area contributed by atoms with Crippen molar-refractivity contribution in [1.29, 1.82) is 0 Å². The van der Waals surface area contributed by atoms with Crippen LogP contribution >= 0.6 is 23.2 Å². The van der Waals surface area contributed by atoms with Crippen molar-refractivity contribution in [2.75, 3.05) is 6.54 Å². The van der Waals surface area contributed by atoms with E-state index < -0.39 is 4.92 Å². The molecule has 0 saturated carbocycles. The molecule has 0 fully saturated rings. The fourth-order valence-corrected chi connectivity index (χ4v) is 1.37. The summed E-state index contributed by atoms with van der Waals surface area (Å²) in [5.74, 6) is 0. The SMILES string of the molecule is O=[N+]([O-])c1ccccc1CNCC(Cl)=CCl. The molecule has 0 spiro atoms. The summed E-state index contributed by atoms with van der Waals surface area (Å²) >= 11 is 11.0. The minimum Gasteiger partial charge on any atom is -0.307 e. The Hall–Kier alpha value is -1.10. The molecule has 1 N–H and O–H groups in total. The summed E-state index contributed by atoms with van der Waals surface area (Å²) < 4.78 is 0. The molecule has 16 heavy (non-hydrogen) atoms. The van der Waals surface area contributed by atoms with Crippen molar-refractivity contribution in [2.45, 2.75) is 6.54 Å². The van der Waals surface area contributed by atoms with Gasteiger partial charge in [-0.25, -0.2) is 0 Å². The molecule has 4 nitrogen and oxygen atoms in total. The number of hydrogen-bond donors (Lipinski definition) is 1. The first-order valence-corrected chi connectivity index (χ1v) is 5.34. The molecule has 0 bridgehead atoms. The molecule has 1 aromatic carbocycles. The van der Waals surface area contributed by atoms with Gasteiger partial charge in [-0.05, 0) is 0 Å². The molecule has 0 amide bonds. The van der Waals surface area contributed by atoms with Crippen LogP contribution in [0.15, 0.2) is 34.8 Å². The van der Waals surface area contributed by atoms with Gasteiger partial charge in [0.1, 0.15) is 0 Å². The van der Waals surface area contributed by atoms with Crippen molar-refractivity contribution in [2.24, 2.45) is 0 Å². The quantitative estimate of drug-likeness (QED) is 0.654. The van der Waals surface area contributed by atoms with Gasteiger partial charge in [-0.15, -0.1) is 0 Å². The Morgan fingerprint density at radius 2 is 2.19 bits per heavy atom. The number of nitrogens with one attached hydrogen (secondary N) is 1. The first kappa shape index (κ1) is 13.0. The minimum absolute atomic E-state index is 0.0981. The molecule has 1 aromatic rings. The van der Waals surface area contributed by atoms with Gasteiger partial charge in [0.2, 0.25) is 0 Å². The van der Waals surface area contributed by atoms with Crippen LogP contribution in [0.2, 0.25) is 0 Å². The standard InChI is InChI=1S/C10H10Cl2N2O2/c11-5-9(12)7-13-6-8-3-1-2-4-10(8)14(15)16/h1-5,13H,6-7H2. The Balaban J connectivity index is 2.63. The van der Waals surface area contributed by atoms with E-state index in [1.165, 1.54) is 11.6 Å². The lowest BCUT2D eigenvalue weighted by Crippen LogP contribution is -2.15. The summed E-state index contributed by atoms with van der Waals surface area (Å²) in [6.45, 7) is 0.759. The van der Waals surface area contributed by atoms with Gasteiger partial charge in [0.25, 0.3) is 5.69 Å². The van der Waals surface area contributed by atoms with E-state index in [0.29, 0.717) is 23.7 Å². The van der Waals surface area contributed by atoms with E-state index in [1.807, 2.05) is 0 Å². The highest BCUT2D eigenvalue weighted by Crippen LogP contribution is 2.17. The first-order chi connectivity index (χ1) is 7.65. The number of nitro groups is 1. The van der Waals surface area contributed by atoms with Crippen LogP contribution in [0.5, 0.6) is 0 Å². The maximum absolute atomic E-state index is 10.7.